The summed E-state index contributed by atoms with van der Waals surface area (Å²) in [5, 5.41) is 0. The zero-order valence-corrected chi connectivity index (χ0v) is 12.7. The van der Waals surface area contributed by atoms with Gasteiger partial charge in [0.05, 0.1) is 0 Å². The SMILES string of the molecule is BrC1=CCCCCCCCCCCC1Br. The van der Waals surface area contributed by atoms with Crippen LogP contribution in [-0.4, -0.2) is 4.83 Å². The molecule has 0 aromatic rings. The molecular weight excluding hydrogens is 316 g/mol. The topological polar surface area (TPSA) is 0 Å². The Morgan fingerprint density at radius 2 is 1.40 bits per heavy atom. The average molecular weight is 338 g/mol. The first-order chi connectivity index (χ1) is 7.30. The fourth-order valence-electron chi connectivity index (χ4n) is 2.03. The lowest BCUT2D eigenvalue weighted by Crippen LogP contribution is -1.97. The standard InChI is InChI=1S/C13H22Br2/c14-12-10-8-6-4-2-1-3-5-7-9-11-13(12)15/h10,13H,1-9,11H2. The molecule has 0 fully saturated rings. The summed E-state index contributed by atoms with van der Waals surface area (Å²) in [6.45, 7) is 0. The molecule has 0 amide bonds. The van der Waals surface area contributed by atoms with E-state index in [1.165, 1.54) is 68.7 Å². The van der Waals surface area contributed by atoms with Gasteiger partial charge in [0.2, 0.25) is 0 Å². The van der Waals surface area contributed by atoms with Gasteiger partial charge < -0.3 is 0 Å². The van der Waals surface area contributed by atoms with Crippen molar-refractivity contribution in [2.24, 2.45) is 0 Å². The normalized spacial score (nSPS) is 27.1. The molecule has 0 N–H and O–H groups in total. The van der Waals surface area contributed by atoms with Crippen molar-refractivity contribution in [3.05, 3.63) is 10.6 Å². The van der Waals surface area contributed by atoms with Crippen LogP contribution in [0.4, 0.5) is 0 Å². The molecule has 1 atom stereocenters. The smallest absolute Gasteiger partial charge is 0.0458 e. The molecule has 0 spiro atoms. The van der Waals surface area contributed by atoms with Crippen LogP contribution < -0.4 is 0 Å². The minimum absolute atomic E-state index is 0.554. The zero-order valence-electron chi connectivity index (χ0n) is 9.48. The lowest BCUT2D eigenvalue weighted by Gasteiger charge is -2.08. The fourth-order valence-corrected chi connectivity index (χ4v) is 3.00. The summed E-state index contributed by atoms with van der Waals surface area (Å²) in [5.74, 6) is 0. The van der Waals surface area contributed by atoms with Gasteiger partial charge >= 0.3 is 0 Å². The molecule has 0 aliphatic heterocycles. The summed E-state index contributed by atoms with van der Waals surface area (Å²) in [4.78, 5) is 0.554. The Morgan fingerprint density at radius 3 is 2.07 bits per heavy atom. The van der Waals surface area contributed by atoms with Crippen molar-refractivity contribution in [3.8, 4) is 0 Å². The second-order valence-corrected chi connectivity index (χ2v) is 6.48. The van der Waals surface area contributed by atoms with Gasteiger partial charge in [0.1, 0.15) is 0 Å². The van der Waals surface area contributed by atoms with Crippen LogP contribution in [0.3, 0.4) is 0 Å². The van der Waals surface area contributed by atoms with Gasteiger partial charge in [0, 0.05) is 9.31 Å². The molecule has 0 aromatic carbocycles. The van der Waals surface area contributed by atoms with Crippen molar-refractivity contribution < 1.29 is 0 Å². The number of halogens is 2. The second-order valence-electron chi connectivity index (χ2n) is 4.46. The van der Waals surface area contributed by atoms with Crippen LogP contribution in [0.15, 0.2) is 10.6 Å². The molecule has 0 radical (unpaired) electrons. The van der Waals surface area contributed by atoms with Gasteiger partial charge in [0.25, 0.3) is 0 Å². The Balaban J connectivity index is 2.34. The van der Waals surface area contributed by atoms with Crippen molar-refractivity contribution in [2.45, 2.75) is 69.0 Å². The van der Waals surface area contributed by atoms with Crippen molar-refractivity contribution in [2.75, 3.05) is 0 Å². The maximum absolute atomic E-state index is 3.75. The van der Waals surface area contributed by atoms with E-state index < -0.39 is 0 Å². The summed E-state index contributed by atoms with van der Waals surface area (Å²) in [6, 6.07) is 0. The van der Waals surface area contributed by atoms with Crippen LogP contribution in [0.1, 0.15) is 64.2 Å². The minimum atomic E-state index is 0.554. The number of rotatable bonds is 0. The number of allylic oxidation sites excluding steroid dienone is 2. The molecule has 0 heterocycles. The van der Waals surface area contributed by atoms with E-state index in [0.717, 1.165) is 0 Å². The molecule has 88 valence electrons. The van der Waals surface area contributed by atoms with Crippen LogP contribution in [-0.2, 0) is 0 Å². The molecular formula is C13H22Br2. The van der Waals surface area contributed by atoms with Gasteiger partial charge in [-0.3, -0.25) is 0 Å². The quantitative estimate of drug-likeness (QED) is 0.479. The van der Waals surface area contributed by atoms with Gasteiger partial charge in [-0.25, -0.2) is 0 Å². The predicted molar refractivity (Wildman–Crippen MR) is 75.9 cm³/mol. The average Bonchev–Trinajstić information content (AvgIpc) is 2.25. The van der Waals surface area contributed by atoms with E-state index in [1.807, 2.05) is 0 Å². The summed E-state index contributed by atoms with van der Waals surface area (Å²) >= 11 is 7.43. The molecule has 2 heteroatoms. The predicted octanol–water partition coefficient (Wildman–Crippen LogP) is 5.94. The van der Waals surface area contributed by atoms with E-state index in [-0.39, 0.29) is 0 Å². The van der Waals surface area contributed by atoms with E-state index in [4.69, 9.17) is 0 Å². The van der Waals surface area contributed by atoms with E-state index in [2.05, 4.69) is 37.9 Å². The number of hydrogen-bond donors (Lipinski definition) is 0. The maximum Gasteiger partial charge on any atom is 0.0458 e. The molecule has 0 saturated heterocycles. The first kappa shape index (κ1) is 13.8. The molecule has 1 rings (SSSR count). The minimum Gasteiger partial charge on any atom is -0.0833 e. The van der Waals surface area contributed by atoms with Gasteiger partial charge in [-0.2, -0.15) is 0 Å². The molecule has 0 saturated carbocycles. The zero-order chi connectivity index (χ0) is 10.9. The summed E-state index contributed by atoms with van der Waals surface area (Å²) in [6.07, 6.45) is 16.2. The third kappa shape index (κ3) is 6.78. The maximum atomic E-state index is 3.75. The van der Waals surface area contributed by atoms with Crippen LogP contribution in [0, 0.1) is 0 Å². The van der Waals surface area contributed by atoms with Crippen molar-refractivity contribution >= 4 is 31.9 Å². The van der Waals surface area contributed by atoms with Crippen LogP contribution >= 0.6 is 31.9 Å². The highest BCUT2D eigenvalue weighted by Gasteiger charge is 2.07. The van der Waals surface area contributed by atoms with Crippen LogP contribution in [0.2, 0.25) is 0 Å². The summed E-state index contributed by atoms with van der Waals surface area (Å²) < 4.78 is 1.36. The Bertz CT molecular complexity index is 187. The van der Waals surface area contributed by atoms with Gasteiger partial charge in [-0.05, 0) is 19.3 Å². The van der Waals surface area contributed by atoms with E-state index in [0.29, 0.717) is 4.83 Å². The highest BCUT2D eigenvalue weighted by Crippen LogP contribution is 2.26. The van der Waals surface area contributed by atoms with E-state index in [9.17, 15) is 0 Å². The molecule has 0 aromatic heterocycles. The third-order valence-corrected chi connectivity index (χ3v) is 5.49. The second kappa shape index (κ2) is 8.81. The molecule has 0 bridgehead atoms. The largest absolute Gasteiger partial charge is 0.0833 e. The Kier molecular flexibility index (Phi) is 8.08. The van der Waals surface area contributed by atoms with Crippen molar-refractivity contribution in [1.29, 1.82) is 0 Å². The third-order valence-electron chi connectivity index (χ3n) is 3.05. The molecule has 1 aliphatic carbocycles. The van der Waals surface area contributed by atoms with Crippen LogP contribution in [0.5, 0.6) is 0 Å². The molecule has 0 nitrogen and oxygen atoms in total. The number of alkyl halides is 1. The van der Waals surface area contributed by atoms with Gasteiger partial charge in [-0.1, -0.05) is 82.9 Å². The lowest BCUT2D eigenvalue weighted by molar-refractivity contribution is 0.566. The van der Waals surface area contributed by atoms with Crippen LogP contribution in [0.25, 0.3) is 0 Å². The first-order valence-electron chi connectivity index (χ1n) is 6.30. The molecule has 15 heavy (non-hydrogen) atoms. The molecule has 1 aliphatic rings. The fraction of sp³-hybridized carbons (Fsp3) is 0.846. The lowest BCUT2D eigenvalue weighted by atomic mass is 10.1. The molecule has 1 unspecified atom stereocenters. The number of hydrogen-bond acceptors (Lipinski definition) is 0. The Hall–Kier alpha value is 0.700. The first-order valence-corrected chi connectivity index (χ1v) is 8.01. The highest BCUT2D eigenvalue weighted by atomic mass is 79.9. The Labute approximate surface area is 111 Å². The summed E-state index contributed by atoms with van der Waals surface area (Å²) in [5.41, 5.74) is 0. The van der Waals surface area contributed by atoms with E-state index in [1.54, 1.807) is 0 Å². The monoisotopic (exact) mass is 336 g/mol. The van der Waals surface area contributed by atoms with Crippen molar-refractivity contribution in [1.82, 2.24) is 0 Å². The van der Waals surface area contributed by atoms with E-state index >= 15 is 0 Å². The van der Waals surface area contributed by atoms with Crippen molar-refractivity contribution in [3.63, 3.8) is 0 Å². The summed E-state index contributed by atoms with van der Waals surface area (Å²) in [7, 11) is 0. The van der Waals surface area contributed by atoms with Gasteiger partial charge in [0.15, 0.2) is 0 Å². The highest BCUT2D eigenvalue weighted by molar-refractivity contribution is 9.14. The van der Waals surface area contributed by atoms with Gasteiger partial charge in [-0.15, -0.1) is 0 Å². The Morgan fingerprint density at radius 1 is 0.867 bits per heavy atom.